The van der Waals surface area contributed by atoms with Gasteiger partial charge in [-0.3, -0.25) is 9.59 Å². The number of fused-ring (bicyclic) bond motifs is 1. The molecule has 3 aliphatic rings. The number of para-hydroxylation sites is 1. The maximum absolute atomic E-state index is 13.8. The summed E-state index contributed by atoms with van der Waals surface area (Å²) in [4.78, 5) is 32.7. The van der Waals surface area contributed by atoms with Crippen molar-refractivity contribution in [1.29, 1.82) is 0 Å². The number of benzene rings is 1. The zero-order valence-electron chi connectivity index (χ0n) is 22.4. The third-order valence-electron chi connectivity index (χ3n) is 8.28. The van der Waals surface area contributed by atoms with Gasteiger partial charge in [-0.05, 0) is 62.5 Å². The molecule has 2 aliphatic carbocycles. The van der Waals surface area contributed by atoms with Gasteiger partial charge in [-0.1, -0.05) is 26.8 Å². The number of alkyl halides is 2. The summed E-state index contributed by atoms with van der Waals surface area (Å²) in [5.74, 6) is -1.05. The van der Waals surface area contributed by atoms with Crippen molar-refractivity contribution in [1.82, 2.24) is 19.8 Å². The van der Waals surface area contributed by atoms with Crippen LogP contribution in [0.2, 0.25) is 0 Å². The predicted octanol–water partition coefficient (Wildman–Crippen LogP) is 5.68. The van der Waals surface area contributed by atoms with Gasteiger partial charge in [0.1, 0.15) is 11.3 Å². The van der Waals surface area contributed by atoms with Crippen LogP contribution in [-0.4, -0.2) is 51.3 Å². The van der Waals surface area contributed by atoms with E-state index < -0.39 is 5.92 Å². The van der Waals surface area contributed by atoms with Crippen molar-refractivity contribution in [2.75, 3.05) is 13.1 Å². The number of likely N-dealkylation sites (tertiary alicyclic amines) is 1. The lowest BCUT2D eigenvalue weighted by Crippen LogP contribution is -2.40. The fraction of sp³-hybridized carbons (Fsp3) is 0.690. The van der Waals surface area contributed by atoms with E-state index in [-0.39, 0.29) is 36.0 Å². The van der Waals surface area contributed by atoms with Crippen LogP contribution >= 0.6 is 0 Å². The second-order valence-electron chi connectivity index (χ2n) is 12.6. The van der Waals surface area contributed by atoms with Crippen molar-refractivity contribution >= 4 is 22.8 Å². The molecule has 37 heavy (non-hydrogen) atoms. The zero-order valence-corrected chi connectivity index (χ0v) is 22.4. The summed E-state index contributed by atoms with van der Waals surface area (Å²) in [5, 5.41) is 3.07. The molecule has 1 N–H and O–H groups in total. The maximum Gasteiger partial charge on any atom is 0.256 e. The van der Waals surface area contributed by atoms with Gasteiger partial charge in [0.2, 0.25) is 11.8 Å². The van der Waals surface area contributed by atoms with Gasteiger partial charge in [0.25, 0.3) is 5.91 Å². The van der Waals surface area contributed by atoms with E-state index in [0.717, 1.165) is 37.0 Å². The van der Waals surface area contributed by atoms with Gasteiger partial charge in [-0.15, -0.1) is 0 Å². The molecule has 0 atom stereocenters. The predicted molar refractivity (Wildman–Crippen MR) is 140 cm³/mol. The van der Waals surface area contributed by atoms with Gasteiger partial charge in [0.05, 0.1) is 11.1 Å². The number of hydrogen-bond donors (Lipinski definition) is 1. The molecular weight excluding hydrogens is 474 g/mol. The quantitative estimate of drug-likeness (QED) is 0.539. The molecule has 2 heterocycles. The summed E-state index contributed by atoms with van der Waals surface area (Å²) in [7, 11) is 0. The van der Waals surface area contributed by atoms with E-state index in [9.17, 15) is 18.4 Å². The number of amides is 2. The van der Waals surface area contributed by atoms with Gasteiger partial charge in [0.15, 0.2) is 0 Å². The highest BCUT2D eigenvalue weighted by Crippen LogP contribution is 2.38. The van der Waals surface area contributed by atoms with Crippen molar-refractivity contribution in [3.63, 3.8) is 0 Å². The molecule has 6 nitrogen and oxygen atoms in total. The fourth-order valence-corrected chi connectivity index (χ4v) is 5.90. The summed E-state index contributed by atoms with van der Waals surface area (Å²) in [6, 6.07) is 6.14. The highest BCUT2D eigenvalue weighted by Gasteiger charge is 2.36. The van der Waals surface area contributed by atoms with Crippen LogP contribution in [0.5, 0.6) is 0 Å². The first-order chi connectivity index (χ1) is 17.5. The van der Waals surface area contributed by atoms with Crippen LogP contribution in [0.15, 0.2) is 18.2 Å². The first-order valence-corrected chi connectivity index (χ1v) is 14.0. The lowest BCUT2D eigenvalue weighted by molar-refractivity contribution is -0.122. The van der Waals surface area contributed by atoms with Crippen molar-refractivity contribution in [3.05, 3.63) is 29.6 Å². The van der Waals surface area contributed by atoms with E-state index in [1.54, 1.807) is 0 Å². The van der Waals surface area contributed by atoms with Crippen LogP contribution in [0.1, 0.15) is 94.7 Å². The SMILES string of the molecule is CC(C)(C)c1nc2c(C(=O)N3CCC(CC(=O)NC4CC4)CC3)cccc2n1CC1CCC(F)(F)CC1. The Labute approximate surface area is 218 Å². The molecule has 0 spiro atoms. The van der Waals surface area contributed by atoms with E-state index in [4.69, 9.17) is 4.98 Å². The van der Waals surface area contributed by atoms with E-state index in [1.165, 1.54) is 0 Å². The van der Waals surface area contributed by atoms with Gasteiger partial charge < -0.3 is 14.8 Å². The second-order valence-corrected chi connectivity index (χ2v) is 12.6. The van der Waals surface area contributed by atoms with Crippen LogP contribution in [0.4, 0.5) is 8.78 Å². The third kappa shape index (κ3) is 5.99. The first-order valence-electron chi connectivity index (χ1n) is 14.0. The van der Waals surface area contributed by atoms with Gasteiger partial charge in [-0.25, -0.2) is 13.8 Å². The summed E-state index contributed by atoms with van der Waals surface area (Å²) >= 11 is 0. The molecule has 8 heteroatoms. The number of imidazole rings is 1. The van der Waals surface area contributed by atoms with Crippen LogP contribution in [0.25, 0.3) is 11.0 Å². The molecule has 1 aromatic carbocycles. The largest absolute Gasteiger partial charge is 0.353 e. The van der Waals surface area contributed by atoms with Crippen molar-refractivity contribution < 1.29 is 18.4 Å². The Balaban J connectivity index is 1.33. The van der Waals surface area contributed by atoms with E-state index in [2.05, 4.69) is 30.7 Å². The Morgan fingerprint density at radius 2 is 1.70 bits per heavy atom. The van der Waals surface area contributed by atoms with Crippen LogP contribution in [0, 0.1) is 11.8 Å². The number of hydrogen-bond acceptors (Lipinski definition) is 3. The normalized spacial score (nSPS) is 21.4. The van der Waals surface area contributed by atoms with Crippen LogP contribution in [-0.2, 0) is 16.8 Å². The number of carbonyl (C=O) groups is 2. The number of aromatic nitrogens is 2. The molecule has 2 saturated carbocycles. The van der Waals surface area contributed by atoms with Crippen LogP contribution < -0.4 is 5.32 Å². The average Bonchev–Trinajstić information content (AvgIpc) is 3.57. The molecule has 5 rings (SSSR count). The fourth-order valence-electron chi connectivity index (χ4n) is 5.90. The zero-order chi connectivity index (χ0) is 26.4. The molecule has 3 fully saturated rings. The van der Waals surface area contributed by atoms with Gasteiger partial charge in [-0.2, -0.15) is 0 Å². The maximum atomic E-state index is 13.8. The molecule has 0 radical (unpaired) electrons. The van der Waals surface area contributed by atoms with Gasteiger partial charge >= 0.3 is 0 Å². The molecule has 0 unspecified atom stereocenters. The Morgan fingerprint density at radius 3 is 2.32 bits per heavy atom. The monoisotopic (exact) mass is 514 g/mol. The minimum Gasteiger partial charge on any atom is -0.353 e. The Kier molecular flexibility index (Phi) is 7.05. The topological polar surface area (TPSA) is 67.2 Å². The Bertz CT molecular complexity index is 1150. The summed E-state index contributed by atoms with van der Waals surface area (Å²) in [6.07, 6.45) is 5.27. The molecule has 2 amide bonds. The summed E-state index contributed by atoms with van der Waals surface area (Å²) < 4.78 is 29.7. The number of nitrogens with one attached hydrogen (secondary N) is 1. The number of rotatable bonds is 6. The lowest BCUT2D eigenvalue weighted by atomic mass is 9.86. The first kappa shape index (κ1) is 26.1. The smallest absolute Gasteiger partial charge is 0.256 e. The Hall–Kier alpha value is -2.51. The molecule has 1 saturated heterocycles. The Morgan fingerprint density at radius 1 is 1.03 bits per heavy atom. The molecule has 1 aromatic heterocycles. The average molecular weight is 515 g/mol. The molecule has 1 aliphatic heterocycles. The summed E-state index contributed by atoms with van der Waals surface area (Å²) in [6.45, 7) is 8.23. The van der Waals surface area contributed by atoms with E-state index in [1.807, 2.05) is 23.1 Å². The standard InChI is InChI=1S/C29H40F2N4O2/c1-28(2,3)27-33-25-22(5-4-6-23(25)35(27)18-20-9-13-29(30,31)14-10-20)26(37)34-15-11-19(12-16-34)17-24(36)32-21-7-8-21/h4-6,19-21H,7-18H2,1-3H3,(H,32,36). The lowest BCUT2D eigenvalue weighted by Gasteiger charge is -2.32. The van der Waals surface area contributed by atoms with Crippen LogP contribution in [0.3, 0.4) is 0 Å². The van der Waals surface area contributed by atoms with Crippen molar-refractivity contribution in [2.24, 2.45) is 11.8 Å². The minimum atomic E-state index is -2.55. The molecular formula is C29H40F2N4O2. The molecule has 2 aromatic rings. The number of carbonyl (C=O) groups excluding carboxylic acids is 2. The number of nitrogens with zero attached hydrogens (tertiary/aromatic N) is 3. The second kappa shape index (κ2) is 9.99. The third-order valence-corrected chi connectivity index (χ3v) is 8.28. The molecule has 202 valence electrons. The number of halogens is 2. The minimum absolute atomic E-state index is 0.0195. The highest BCUT2D eigenvalue weighted by molar-refractivity contribution is 6.05. The highest BCUT2D eigenvalue weighted by atomic mass is 19.3. The van der Waals surface area contributed by atoms with Crippen molar-refractivity contribution in [3.8, 4) is 0 Å². The molecule has 0 bridgehead atoms. The van der Waals surface area contributed by atoms with E-state index in [0.29, 0.717) is 61.9 Å². The van der Waals surface area contributed by atoms with E-state index >= 15 is 0 Å². The van der Waals surface area contributed by atoms with Gasteiger partial charge in [0, 0.05) is 50.4 Å². The summed E-state index contributed by atoms with van der Waals surface area (Å²) in [5.41, 5.74) is 1.95. The number of piperidine rings is 1. The van der Waals surface area contributed by atoms with Crippen molar-refractivity contribution in [2.45, 2.75) is 102 Å².